The number of nitrogens with zero attached hydrogens (tertiary/aromatic N) is 1. The normalized spacial score (nSPS) is 16.0. The second-order valence-corrected chi connectivity index (χ2v) is 5.69. The summed E-state index contributed by atoms with van der Waals surface area (Å²) in [5, 5.41) is 12.5. The van der Waals surface area contributed by atoms with Gasteiger partial charge < -0.3 is 10.4 Å². The number of aliphatic hydroxyl groups excluding tert-OH is 1. The van der Waals surface area contributed by atoms with Crippen LogP contribution in [0.2, 0.25) is 0 Å². The van der Waals surface area contributed by atoms with Gasteiger partial charge in [0.25, 0.3) is 0 Å². The van der Waals surface area contributed by atoms with Gasteiger partial charge in [-0.25, -0.2) is 0 Å². The van der Waals surface area contributed by atoms with Crippen molar-refractivity contribution in [2.45, 2.75) is 45.2 Å². The van der Waals surface area contributed by atoms with E-state index < -0.39 is 0 Å². The summed E-state index contributed by atoms with van der Waals surface area (Å²) in [6.07, 6.45) is 3.38. The summed E-state index contributed by atoms with van der Waals surface area (Å²) in [4.78, 5) is 14.3. The molecule has 1 amide bonds. The number of benzene rings is 1. The summed E-state index contributed by atoms with van der Waals surface area (Å²) in [6, 6.07) is 8.33. The molecule has 0 radical (unpaired) electrons. The number of rotatable bonds is 8. The van der Waals surface area contributed by atoms with Gasteiger partial charge in [-0.1, -0.05) is 38.1 Å². The highest BCUT2D eigenvalue weighted by Crippen LogP contribution is 2.26. The highest BCUT2D eigenvalue weighted by atomic mass is 16.3. The van der Waals surface area contributed by atoms with E-state index in [0.717, 1.165) is 18.5 Å². The number of amides is 1. The minimum atomic E-state index is -0.318. The summed E-state index contributed by atoms with van der Waals surface area (Å²) >= 11 is 0. The van der Waals surface area contributed by atoms with Gasteiger partial charge in [0.15, 0.2) is 0 Å². The molecular formula is C17H26N2O2. The topological polar surface area (TPSA) is 52.6 Å². The Hall–Kier alpha value is -1.39. The molecular weight excluding hydrogens is 264 g/mol. The number of likely N-dealkylation sites (N-methyl/N-ethyl adjacent to an activating group) is 1. The van der Waals surface area contributed by atoms with Crippen molar-refractivity contribution in [1.29, 1.82) is 0 Å². The maximum Gasteiger partial charge on any atom is 0.234 e. The SMILES string of the molecule is CCc1ccc(C(CO)NC(=O)CN(CC)C2CC2)cc1. The maximum atomic E-state index is 12.1. The first kappa shape index (κ1) is 16.0. The molecule has 0 aromatic heterocycles. The fourth-order valence-electron chi connectivity index (χ4n) is 2.58. The molecule has 0 saturated heterocycles. The van der Waals surface area contributed by atoms with Crippen molar-refractivity contribution < 1.29 is 9.90 Å². The first-order valence-electron chi connectivity index (χ1n) is 7.91. The van der Waals surface area contributed by atoms with Gasteiger partial charge in [-0.3, -0.25) is 9.69 Å². The zero-order chi connectivity index (χ0) is 15.2. The van der Waals surface area contributed by atoms with Gasteiger partial charge in [-0.2, -0.15) is 0 Å². The van der Waals surface area contributed by atoms with Crippen LogP contribution in [0.25, 0.3) is 0 Å². The molecule has 2 N–H and O–H groups in total. The highest BCUT2D eigenvalue weighted by molar-refractivity contribution is 5.78. The van der Waals surface area contributed by atoms with E-state index in [-0.39, 0.29) is 18.6 Å². The van der Waals surface area contributed by atoms with Crippen LogP contribution in [0.1, 0.15) is 43.9 Å². The molecule has 1 aliphatic carbocycles. The summed E-state index contributed by atoms with van der Waals surface area (Å²) in [6.45, 7) is 5.43. The van der Waals surface area contributed by atoms with E-state index >= 15 is 0 Å². The smallest absolute Gasteiger partial charge is 0.234 e. The predicted octanol–water partition coefficient (Wildman–Crippen LogP) is 1.88. The monoisotopic (exact) mass is 290 g/mol. The van der Waals surface area contributed by atoms with E-state index in [2.05, 4.69) is 24.1 Å². The molecule has 1 saturated carbocycles. The fourth-order valence-corrected chi connectivity index (χ4v) is 2.58. The molecule has 1 fully saturated rings. The minimum absolute atomic E-state index is 0.0117. The zero-order valence-electron chi connectivity index (χ0n) is 13.0. The maximum absolute atomic E-state index is 12.1. The Kier molecular flexibility index (Phi) is 5.76. The number of carbonyl (C=O) groups excluding carboxylic acids is 1. The number of aliphatic hydroxyl groups is 1. The Morgan fingerprint density at radius 3 is 2.48 bits per heavy atom. The molecule has 0 bridgehead atoms. The van der Waals surface area contributed by atoms with E-state index in [9.17, 15) is 9.90 Å². The summed E-state index contributed by atoms with van der Waals surface area (Å²) < 4.78 is 0. The molecule has 1 atom stereocenters. The third-order valence-electron chi connectivity index (χ3n) is 4.12. The van der Waals surface area contributed by atoms with Crippen molar-refractivity contribution >= 4 is 5.91 Å². The van der Waals surface area contributed by atoms with Gasteiger partial charge in [0.2, 0.25) is 5.91 Å². The van der Waals surface area contributed by atoms with Crippen LogP contribution in [0.3, 0.4) is 0 Å². The van der Waals surface area contributed by atoms with E-state index in [0.29, 0.717) is 12.6 Å². The largest absolute Gasteiger partial charge is 0.394 e. The molecule has 4 heteroatoms. The van der Waals surface area contributed by atoms with Crippen LogP contribution in [0.15, 0.2) is 24.3 Å². The van der Waals surface area contributed by atoms with Crippen LogP contribution < -0.4 is 5.32 Å². The average Bonchev–Trinajstić information content (AvgIpc) is 3.35. The van der Waals surface area contributed by atoms with Crippen LogP contribution in [0, 0.1) is 0 Å². The molecule has 0 spiro atoms. The number of hydrogen-bond acceptors (Lipinski definition) is 3. The molecule has 21 heavy (non-hydrogen) atoms. The quantitative estimate of drug-likeness (QED) is 0.768. The number of nitrogens with one attached hydrogen (secondary N) is 1. The van der Waals surface area contributed by atoms with Gasteiger partial charge in [-0.05, 0) is 36.9 Å². The van der Waals surface area contributed by atoms with Crippen molar-refractivity contribution in [1.82, 2.24) is 10.2 Å². The van der Waals surface area contributed by atoms with E-state index in [4.69, 9.17) is 0 Å². The standard InChI is InChI=1S/C17H26N2O2/c1-3-13-5-7-14(8-6-13)16(12-20)18-17(21)11-19(4-2)15-9-10-15/h5-8,15-16,20H,3-4,9-12H2,1-2H3,(H,18,21). The van der Waals surface area contributed by atoms with Gasteiger partial charge in [0.1, 0.15) is 0 Å². The Balaban J connectivity index is 1.92. The van der Waals surface area contributed by atoms with Crippen LogP contribution >= 0.6 is 0 Å². The van der Waals surface area contributed by atoms with E-state index in [1.807, 2.05) is 24.3 Å². The Bertz CT molecular complexity index is 454. The van der Waals surface area contributed by atoms with Crippen LogP contribution in [0.5, 0.6) is 0 Å². The number of carbonyl (C=O) groups is 1. The minimum Gasteiger partial charge on any atom is -0.394 e. The lowest BCUT2D eigenvalue weighted by Crippen LogP contribution is -2.40. The molecule has 0 aliphatic heterocycles. The molecule has 1 aromatic rings. The van der Waals surface area contributed by atoms with Gasteiger partial charge in [0, 0.05) is 6.04 Å². The lowest BCUT2D eigenvalue weighted by atomic mass is 10.0. The van der Waals surface area contributed by atoms with Gasteiger partial charge >= 0.3 is 0 Å². The van der Waals surface area contributed by atoms with E-state index in [1.165, 1.54) is 18.4 Å². The number of aryl methyl sites for hydroxylation is 1. The Labute approximate surface area is 127 Å². The van der Waals surface area contributed by atoms with E-state index in [1.54, 1.807) is 0 Å². The lowest BCUT2D eigenvalue weighted by Gasteiger charge is -2.22. The fraction of sp³-hybridized carbons (Fsp3) is 0.588. The molecule has 4 nitrogen and oxygen atoms in total. The zero-order valence-corrected chi connectivity index (χ0v) is 13.0. The molecule has 1 aromatic carbocycles. The van der Waals surface area contributed by atoms with Crippen LogP contribution in [0.4, 0.5) is 0 Å². The Morgan fingerprint density at radius 2 is 2.00 bits per heavy atom. The summed E-state index contributed by atoms with van der Waals surface area (Å²) in [5.41, 5.74) is 2.21. The van der Waals surface area contributed by atoms with Crippen molar-refractivity contribution in [3.63, 3.8) is 0 Å². The summed E-state index contributed by atoms with van der Waals surface area (Å²) in [5.74, 6) is -0.0117. The first-order chi connectivity index (χ1) is 10.2. The molecule has 2 rings (SSSR count). The lowest BCUT2D eigenvalue weighted by molar-refractivity contribution is -0.123. The third kappa shape index (κ3) is 4.55. The number of hydrogen-bond donors (Lipinski definition) is 2. The van der Waals surface area contributed by atoms with Crippen molar-refractivity contribution in [2.24, 2.45) is 0 Å². The van der Waals surface area contributed by atoms with Gasteiger partial charge in [0.05, 0.1) is 19.2 Å². The third-order valence-corrected chi connectivity index (χ3v) is 4.12. The van der Waals surface area contributed by atoms with Crippen molar-refractivity contribution in [3.05, 3.63) is 35.4 Å². The first-order valence-corrected chi connectivity index (χ1v) is 7.91. The molecule has 116 valence electrons. The molecule has 0 heterocycles. The summed E-state index contributed by atoms with van der Waals surface area (Å²) in [7, 11) is 0. The highest BCUT2D eigenvalue weighted by Gasteiger charge is 2.29. The second kappa shape index (κ2) is 7.57. The second-order valence-electron chi connectivity index (χ2n) is 5.69. The Morgan fingerprint density at radius 1 is 1.33 bits per heavy atom. The van der Waals surface area contributed by atoms with Crippen molar-refractivity contribution in [2.75, 3.05) is 19.7 Å². The van der Waals surface area contributed by atoms with Crippen molar-refractivity contribution in [3.8, 4) is 0 Å². The van der Waals surface area contributed by atoms with Gasteiger partial charge in [-0.15, -0.1) is 0 Å². The molecule has 1 unspecified atom stereocenters. The molecule has 1 aliphatic rings. The predicted molar refractivity (Wildman–Crippen MR) is 84.1 cm³/mol. The average molecular weight is 290 g/mol. The van der Waals surface area contributed by atoms with Crippen LogP contribution in [-0.4, -0.2) is 41.7 Å². The van der Waals surface area contributed by atoms with Crippen LogP contribution in [-0.2, 0) is 11.2 Å².